The van der Waals surface area contributed by atoms with Gasteiger partial charge in [-0.25, -0.2) is 4.79 Å². The van der Waals surface area contributed by atoms with Crippen LogP contribution in [0.3, 0.4) is 0 Å². The highest BCUT2D eigenvalue weighted by Crippen LogP contribution is 2.28. The molecule has 19 heavy (non-hydrogen) atoms. The predicted molar refractivity (Wildman–Crippen MR) is 80.5 cm³/mol. The Hall–Kier alpha value is -0.590. The van der Waals surface area contributed by atoms with Crippen molar-refractivity contribution >= 4 is 33.3 Å². The van der Waals surface area contributed by atoms with Crippen LogP contribution in [-0.2, 0) is 6.42 Å². The number of urea groups is 1. The van der Waals surface area contributed by atoms with Gasteiger partial charge in [0.1, 0.15) is 0 Å². The molecule has 4 nitrogen and oxygen atoms in total. The minimum Gasteiger partial charge on any atom is -0.394 e. The summed E-state index contributed by atoms with van der Waals surface area (Å²) in [4.78, 5) is 13.1. The van der Waals surface area contributed by atoms with Gasteiger partial charge >= 0.3 is 6.03 Å². The third-order valence-electron chi connectivity index (χ3n) is 3.53. The van der Waals surface area contributed by atoms with E-state index in [-0.39, 0.29) is 12.6 Å². The fraction of sp³-hybridized carbons (Fsp3) is 0.615. The number of halogens is 1. The summed E-state index contributed by atoms with van der Waals surface area (Å²) < 4.78 is 1.11. The van der Waals surface area contributed by atoms with Crippen molar-refractivity contribution in [1.82, 2.24) is 10.6 Å². The molecule has 0 bridgehead atoms. The number of hydrogen-bond acceptors (Lipinski definition) is 3. The van der Waals surface area contributed by atoms with Crippen LogP contribution >= 0.6 is 27.3 Å². The molecule has 1 heterocycles. The molecule has 3 N–H and O–H groups in total. The van der Waals surface area contributed by atoms with Crippen molar-refractivity contribution < 1.29 is 9.90 Å². The first-order chi connectivity index (χ1) is 9.13. The van der Waals surface area contributed by atoms with Crippen LogP contribution < -0.4 is 10.6 Å². The molecule has 0 radical (unpaired) electrons. The predicted octanol–water partition coefficient (Wildman–Crippen LogP) is 2.66. The van der Waals surface area contributed by atoms with Crippen molar-refractivity contribution in [2.75, 3.05) is 13.2 Å². The normalized spacial score (nSPS) is 17.4. The highest BCUT2D eigenvalue weighted by molar-refractivity contribution is 9.11. The summed E-state index contributed by atoms with van der Waals surface area (Å²) in [5.41, 5.74) is -0.393. The van der Waals surface area contributed by atoms with Crippen LogP contribution in [0.4, 0.5) is 4.79 Å². The van der Waals surface area contributed by atoms with Crippen molar-refractivity contribution in [3.05, 3.63) is 20.8 Å². The molecule has 0 atom stereocenters. The van der Waals surface area contributed by atoms with Crippen LogP contribution in [-0.4, -0.2) is 29.8 Å². The minimum atomic E-state index is -0.393. The summed E-state index contributed by atoms with van der Waals surface area (Å²) in [6.45, 7) is 0.637. The highest BCUT2D eigenvalue weighted by Gasteiger charge is 2.34. The van der Waals surface area contributed by atoms with Gasteiger partial charge < -0.3 is 15.7 Å². The van der Waals surface area contributed by atoms with E-state index in [4.69, 9.17) is 0 Å². The van der Waals surface area contributed by atoms with Gasteiger partial charge in [0.25, 0.3) is 0 Å². The molecule has 0 aliphatic heterocycles. The molecule has 1 saturated carbocycles. The molecule has 1 aliphatic rings. The molecule has 2 rings (SSSR count). The molecule has 0 saturated heterocycles. The Kier molecular flexibility index (Phi) is 5.24. The molecular weight excluding hydrogens is 328 g/mol. The molecule has 0 unspecified atom stereocenters. The smallest absolute Gasteiger partial charge is 0.315 e. The zero-order chi connectivity index (χ0) is 13.7. The molecule has 0 spiro atoms. The Morgan fingerprint density at radius 1 is 1.42 bits per heavy atom. The molecule has 106 valence electrons. The van der Waals surface area contributed by atoms with E-state index >= 15 is 0 Å². The Morgan fingerprint density at radius 3 is 2.74 bits per heavy atom. The molecule has 1 aromatic rings. The molecule has 1 aromatic heterocycles. The van der Waals surface area contributed by atoms with Gasteiger partial charge in [0.15, 0.2) is 0 Å². The standard InChI is InChI=1S/C13H19BrN2O2S/c14-11-4-3-10(19-11)5-8-15-12(18)16-13(9-17)6-1-2-7-13/h3-4,17H,1-2,5-9H2,(H2,15,16,18). The number of carbonyl (C=O) groups excluding carboxylic acids is 1. The van der Waals surface area contributed by atoms with Gasteiger partial charge in [-0.15, -0.1) is 11.3 Å². The Bertz CT molecular complexity index is 430. The SMILES string of the molecule is O=C(NCCc1ccc(Br)s1)NC1(CO)CCCC1. The first kappa shape index (κ1) is 14.8. The van der Waals surface area contributed by atoms with Gasteiger partial charge in [0, 0.05) is 11.4 Å². The summed E-state index contributed by atoms with van der Waals surface area (Å²) in [6.07, 6.45) is 4.72. The van der Waals surface area contributed by atoms with Gasteiger partial charge in [0.2, 0.25) is 0 Å². The van der Waals surface area contributed by atoms with Crippen molar-refractivity contribution in [3.8, 4) is 0 Å². The van der Waals surface area contributed by atoms with Crippen molar-refractivity contribution in [2.45, 2.75) is 37.6 Å². The van der Waals surface area contributed by atoms with E-state index < -0.39 is 5.54 Å². The molecule has 1 aliphatic carbocycles. The fourth-order valence-corrected chi connectivity index (χ4v) is 3.93. The van der Waals surface area contributed by atoms with E-state index in [0.29, 0.717) is 6.54 Å². The lowest BCUT2D eigenvalue weighted by molar-refractivity contribution is 0.163. The van der Waals surface area contributed by atoms with Gasteiger partial charge in [-0.1, -0.05) is 12.8 Å². The lowest BCUT2D eigenvalue weighted by atomic mass is 9.99. The van der Waals surface area contributed by atoms with Crippen LogP contribution in [0.15, 0.2) is 15.9 Å². The summed E-state index contributed by atoms with van der Waals surface area (Å²) in [5.74, 6) is 0. The number of amides is 2. The molecule has 2 amide bonds. The third-order valence-corrected chi connectivity index (χ3v) is 5.21. The first-order valence-electron chi connectivity index (χ1n) is 6.55. The lowest BCUT2D eigenvalue weighted by Crippen LogP contribution is -2.53. The van der Waals surface area contributed by atoms with E-state index in [1.165, 1.54) is 4.88 Å². The van der Waals surface area contributed by atoms with Crippen LogP contribution in [0.2, 0.25) is 0 Å². The summed E-state index contributed by atoms with van der Waals surface area (Å²) in [7, 11) is 0. The van der Waals surface area contributed by atoms with Gasteiger partial charge in [0.05, 0.1) is 15.9 Å². The third kappa shape index (κ3) is 4.19. The summed E-state index contributed by atoms with van der Waals surface area (Å²) >= 11 is 5.10. The van der Waals surface area contributed by atoms with Crippen LogP contribution in [0, 0.1) is 0 Å². The largest absolute Gasteiger partial charge is 0.394 e. The maximum Gasteiger partial charge on any atom is 0.315 e. The number of thiophene rings is 1. The van der Waals surface area contributed by atoms with Gasteiger partial charge in [-0.2, -0.15) is 0 Å². The summed E-state index contributed by atoms with van der Waals surface area (Å²) in [6, 6.07) is 3.89. The number of nitrogens with one attached hydrogen (secondary N) is 2. The maximum absolute atomic E-state index is 11.8. The molecule has 1 fully saturated rings. The molecule has 0 aromatic carbocycles. The number of carbonyl (C=O) groups is 1. The van der Waals surface area contributed by atoms with E-state index in [2.05, 4.69) is 32.6 Å². The minimum absolute atomic E-state index is 0.0261. The Morgan fingerprint density at radius 2 is 2.16 bits per heavy atom. The zero-order valence-corrected chi connectivity index (χ0v) is 13.1. The van der Waals surface area contributed by atoms with Crippen molar-refractivity contribution in [3.63, 3.8) is 0 Å². The summed E-state index contributed by atoms with van der Waals surface area (Å²) in [5, 5.41) is 15.2. The number of aliphatic hydroxyl groups excluding tert-OH is 1. The fourth-order valence-electron chi connectivity index (χ4n) is 2.44. The average molecular weight is 347 g/mol. The van der Waals surface area contributed by atoms with Crippen molar-refractivity contribution in [1.29, 1.82) is 0 Å². The number of rotatable bonds is 5. The van der Waals surface area contributed by atoms with E-state index in [9.17, 15) is 9.90 Å². The molecular formula is C13H19BrN2O2S. The second-order valence-electron chi connectivity index (χ2n) is 4.98. The van der Waals surface area contributed by atoms with E-state index in [1.54, 1.807) is 11.3 Å². The topological polar surface area (TPSA) is 61.4 Å². The molecule has 6 heteroatoms. The van der Waals surface area contributed by atoms with Gasteiger partial charge in [-0.05, 0) is 47.3 Å². The number of aliphatic hydroxyl groups is 1. The van der Waals surface area contributed by atoms with Gasteiger partial charge in [-0.3, -0.25) is 0 Å². The van der Waals surface area contributed by atoms with Crippen LogP contribution in [0.1, 0.15) is 30.6 Å². The first-order valence-corrected chi connectivity index (χ1v) is 8.16. The second kappa shape index (κ2) is 6.72. The zero-order valence-electron chi connectivity index (χ0n) is 10.7. The Labute approximate surface area is 125 Å². The highest BCUT2D eigenvalue weighted by atomic mass is 79.9. The average Bonchev–Trinajstić information content (AvgIpc) is 2.99. The van der Waals surface area contributed by atoms with Crippen LogP contribution in [0.25, 0.3) is 0 Å². The monoisotopic (exact) mass is 346 g/mol. The van der Waals surface area contributed by atoms with Crippen LogP contribution in [0.5, 0.6) is 0 Å². The van der Waals surface area contributed by atoms with E-state index in [1.807, 2.05) is 6.07 Å². The van der Waals surface area contributed by atoms with Crippen molar-refractivity contribution in [2.24, 2.45) is 0 Å². The quantitative estimate of drug-likeness (QED) is 0.767. The Balaban J connectivity index is 1.72. The second-order valence-corrected chi connectivity index (χ2v) is 7.53. The maximum atomic E-state index is 11.8. The van der Waals surface area contributed by atoms with E-state index in [0.717, 1.165) is 35.9 Å². The lowest BCUT2D eigenvalue weighted by Gasteiger charge is -2.27. The number of hydrogen-bond donors (Lipinski definition) is 3.